The molecule has 0 radical (unpaired) electrons. The highest BCUT2D eigenvalue weighted by atomic mass is 79.9. The Morgan fingerprint density at radius 2 is 2.26 bits per heavy atom. The quantitative estimate of drug-likeness (QED) is 0.694. The molecule has 0 aliphatic carbocycles. The Balaban J connectivity index is 2.18. The molecule has 1 aromatic rings. The lowest BCUT2D eigenvalue weighted by Gasteiger charge is -2.36. The molecular weight excluding hydrogens is 397 g/mol. The lowest BCUT2D eigenvalue weighted by atomic mass is 10.1. The third kappa shape index (κ3) is 3.72. The van der Waals surface area contributed by atoms with E-state index in [2.05, 4.69) is 31.9 Å². The van der Waals surface area contributed by atoms with E-state index in [0.717, 1.165) is 9.80 Å². The van der Waals surface area contributed by atoms with Crippen molar-refractivity contribution in [2.45, 2.75) is 19.1 Å². The molecule has 0 spiro atoms. The summed E-state index contributed by atoms with van der Waals surface area (Å²) < 4.78 is 6.45. The average Bonchev–Trinajstić information content (AvgIpc) is 2.37. The minimum absolute atomic E-state index is 0.00430. The van der Waals surface area contributed by atoms with Crippen molar-refractivity contribution in [1.29, 1.82) is 0 Å². The van der Waals surface area contributed by atoms with Gasteiger partial charge < -0.3 is 9.64 Å². The largest absolute Gasteiger partial charge is 0.371 e. The van der Waals surface area contributed by atoms with E-state index in [9.17, 15) is 4.79 Å². The molecule has 0 bridgehead atoms. The Bertz CT molecular complexity index is 484. The van der Waals surface area contributed by atoms with Gasteiger partial charge in [-0.1, -0.05) is 27.5 Å². The van der Waals surface area contributed by atoms with Crippen molar-refractivity contribution in [3.8, 4) is 0 Å². The molecule has 0 N–H and O–H groups in total. The fourth-order valence-corrected chi connectivity index (χ4v) is 3.34. The number of carbonyl (C=O) groups excluding carboxylic acids is 1. The van der Waals surface area contributed by atoms with E-state index in [1.54, 1.807) is 18.2 Å². The number of amides is 1. The van der Waals surface area contributed by atoms with Crippen molar-refractivity contribution in [1.82, 2.24) is 4.90 Å². The molecule has 19 heavy (non-hydrogen) atoms. The van der Waals surface area contributed by atoms with Gasteiger partial charge in [-0.3, -0.25) is 4.79 Å². The van der Waals surface area contributed by atoms with Crippen molar-refractivity contribution in [2.24, 2.45) is 0 Å². The van der Waals surface area contributed by atoms with Gasteiger partial charge in [-0.15, -0.1) is 0 Å². The van der Waals surface area contributed by atoms with E-state index in [1.165, 1.54) is 0 Å². The number of benzene rings is 1. The number of hydrogen-bond acceptors (Lipinski definition) is 2. The highest BCUT2D eigenvalue weighted by Crippen LogP contribution is 2.24. The van der Waals surface area contributed by atoms with Crippen molar-refractivity contribution >= 4 is 49.4 Å². The second kappa shape index (κ2) is 6.57. The van der Waals surface area contributed by atoms with Gasteiger partial charge in [-0.05, 0) is 41.1 Å². The molecule has 0 aromatic heterocycles. The number of halogens is 3. The Morgan fingerprint density at radius 1 is 1.53 bits per heavy atom. The first-order valence-corrected chi connectivity index (χ1v) is 8.26. The van der Waals surface area contributed by atoms with Crippen molar-refractivity contribution in [3.05, 3.63) is 33.3 Å². The summed E-state index contributed by atoms with van der Waals surface area (Å²) in [5.41, 5.74) is 0.631. The monoisotopic (exact) mass is 409 g/mol. The van der Waals surface area contributed by atoms with Crippen molar-refractivity contribution in [2.75, 3.05) is 18.4 Å². The highest BCUT2D eigenvalue weighted by Gasteiger charge is 2.29. The molecule has 1 fully saturated rings. The van der Waals surface area contributed by atoms with Gasteiger partial charge in [0.1, 0.15) is 0 Å². The first-order chi connectivity index (χ1) is 9.01. The molecule has 104 valence electrons. The van der Waals surface area contributed by atoms with Crippen LogP contribution < -0.4 is 0 Å². The lowest BCUT2D eigenvalue weighted by Crippen LogP contribution is -2.49. The van der Waals surface area contributed by atoms with E-state index in [-0.39, 0.29) is 18.1 Å². The van der Waals surface area contributed by atoms with Gasteiger partial charge in [-0.25, -0.2) is 0 Å². The maximum Gasteiger partial charge on any atom is 0.255 e. The topological polar surface area (TPSA) is 29.5 Å². The van der Waals surface area contributed by atoms with Gasteiger partial charge in [0.25, 0.3) is 5.91 Å². The minimum atomic E-state index is 0.00430. The summed E-state index contributed by atoms with van der Waals surface area (Å²) in [5.74, 6) is 0.00430. The second-order valence-corrected chi connectivity index (χ2v) is 6.50. The van der Waals surface area contributed by atoms with Crippen LogP contribution in [0.15, 0.2) is 22.7 Å². The van der Waals surface area contributed by atoms with E-state index < -0.39 is 0 Å². The molecule has 0 saturated carbocycles. The number of ether oxygens (including phenoxy) is 1. The Morgan fingerprint density at radius 3 is 2.89 bits per heavy atom. The normalized spacial score (nSPS) is 23.5. The van der Waals surface area contributed by atoms with Crippen molar-refractivity contribution < 1.29 is 9.53 Å². The third-order valence-corrected chi connectivity index (χ3v) is 4.56. The smallest absolute Gasteiger partial charge is 0.255 e. The zero-order valence-electron chi connectivity index (χ0n) is 10.4. The first kappa shape index (κ1) is 15.3. The van der Waals surface area contributed by atoms with Crippen LogP contribution in [0.2, 0.25) is 5.02 Å². The summed E-state index contributed by atoms with van der Waals surface area (Å²) in [6.45, 7) is 3.19. The van der Waals surface area contributed by atoms with E-state index >= 15 is 0 Å². The lowest BCUT2D eigenvalue weighted by molar-refractivity contribution is -0.0559. The standard InChI is InChI=1S/C13H14Br2ClNO2/c1-8-6-17(7-10(5-14)19-8)13(18)11-3-2-9(16)4-12(11)15/h2-4,8,10H,5-7H2,1H3. The van der Waals surface area contributed by atoms with Gasteiger partial charge in [0.05, 0.1) is 17.8 Å². The van der Waals surface area contributed by atoms with Crippen LogP contribution in [0.5, 0.6) is 0 Å². The van der Waals surface area contributed by atoms with Crippen LogP contribution >= 0.6 is 43.5 Å². The van der Waals surface area contributed by atoms with Crippen LogP contribution in [-0.2, 0) is 4.74 Å². The molecule has 1 aliphatic heterocycles. The number of hydrogen-bond donors (Lipinski definition) is 0. The van der Waals surface area contributed by atoms with Gasteiger partial charge in [0.2, 0.25) is 0 Å². The second-order valence-electron chi connectivity index (χ2n) is 4.56. The zero-order chi connectivity index (χ0) is 14.0. The molecule has 1 amide bonds. The van der Waals surface area contributed by atoms with Crippen LogP contribution in [0, 0.1) is 0 Å². The average molecular weight is 412 g/mol. The molecule has 1 heterocycles. The van der Waals surface area contributed by atoms with Gasteiger partial charge in [0.15, 0.2) is 0 Å². The maximum absolute atomic E-state index is 12.5. The van der Waals surface area contributed by atoms with E-state index in [1.807, 2.05) is 11.8 Å². The zero-order valence-corrected chi connectivity index (χ0v) is 14.3. The summed E-state index contributed by atoms with van der Waals surface area (Å²) in [4.78, 5) is 14.3. The number of alkyl halides is 1. The van der Waals surface area contributed by atoms with Gasteiger partial charge in [-0.2, -0.15) is 0 Å². The van der Waals surface area contributed by atoms with Crippen LogP contribution in [-0.4, -0.2) is 41.4 Å². The molecule has 6 heteroatoms. The Kier molecular flexibility index (Phi) is 5.29. The summed E-state index contributed by atoms with van der Waals surface area (Å²) in [6.07, 6.45) is 0.0881. The number of carbonyl (C=O) groups is 1. The Hall–Kier alpha value is -0.100. The van der Waals surface area contributed by atoms with Crippen LogP contribution in [0.1, 0.15) is 17.3 Å². The van der Waals surface area contributed by atoms with Gasteiger partial charge in [0, 0.05) is 27.9 Å². The highest BCUT2D eigenvalue weighted by molar-refractivity contribution is 9.10. The minimum Gasteiger partial charge on any atom is -0.371 e. The fraction of sp³-hybridized carbons (Fsp3) is 0.462. The Labute approximate surface area is 134 Å². The molecule has 2 atom stereocenters. The molecule has 3 nitrogen and oxygen atoms in total. The van der Waals surface area contributed by atoms with Crippen LogP contribution in [0.4, 0.5) is 0 Å². The summed E-state index contributed by atoms with van der Waals surface area (Å²) in [5, 5.41) is 1.33. The molecule has 2 unspecified atom stereocenters. The van der Waals surface area contributed by atoms with E-state index in [0.29, 0.717) is 23.7 Å². The fourth-order valence-electron chi connectivity index (χ4n) is 2.13. The SMILES string of the molecule is CC1CN(C(=O)c2ccc(Cl)cc2Br)CC(CBr)O1. The van der Waals surface area contributed by atoms with Gasteiger partial charge >= 0.3 is 0 Å². The summed E-state index contributed by atoms with van der Waals surface area (Å²) in [7, 11) is 0. The third-order valence-electron chi connectivity index (χ3n) is 2.95. The molecule has 1 saturated heterocycles. The maximum atomic E-state index is 12.5. The van der Waals surface area contributed by atoms with E-state index in [4.69, 9.17) is 16.3 Å². The molecule has 1 aromatic carbocycles. The van der Waals surface area contributed by atoms with Crippen molar-refractivity contribution in [3.63, 3.8) is 0 Å². The number of morpholine rings is 1. The summed E-state index contributed by atoms with van der Waals surface area (Å²) in [6, 6.07) is 5.21. The predicted molar refractivity (Wildman–Crippen MR) is 83.2 cm³/mol. The molecule has 1 aliphatic rings. The number of rotatable bonds is 2. The first-order valence-electron chi connectivity index (χ1n) is 5.97. The van der Waals surface area contributed by atoms with Crippen LogP contribution in [0.25, 0.3) is 0 Å². The summed E-state index contributed by atoms with van der Waals surface area (Å²) >= 11 is 12.7. The molecular formula is C13H14Br2ClNO2. The van der Waals surface area contributed by atoms with Crippen LogP contribution in [0.3, 0.4) is 0 Å². The predicted octanol–water partition coefficient (Wildman–Crippen LogP) is 3.73. The number of nitrogens with zero attached hydrogens (tertiary/aromatic N) is 1. The molecule has 2 rings (SSSR count).